The Balaban J connectivity index is 1.58. The first-order chi connectivity index (χ1) is 12.7. The number of rotatable bonds is 5. The maximum atomic E-state index is 12.6. The van der Waals surface area contributed by atoms with Crippen LogP contribution in [0.2, 0.25) is 5.02 Å². The molecule has 1 aliphatic rings. The Kier molecular flexibility index (Phi) is 5.10. The van der Waals surface area contributed by atoms with Gasteiger partial charge in [-0.1, -0.05) is 41.9 Å². The quantitative estimate of drug-likeness (QED) is 0.774. The summed E-state index contributed by atoms with van der Waals surface area (Å²) in [5.41, 5.74) is -0.940. The molecule has 0 radical (unpaired) electrons. The number of alkyl halides is 3. The van der Waals surface area contributed by atoms with E-state index in [0.717, 1.165) is 5.56 Å². The smallest absolute Gasteiger partial charge is 0.417 e. The average Bonchev–Trinajstić information content (AvgIpc) is 3.43. The third-order valence-corrected chi connectivity index (χ3v) is 4.52. The highest BCUT2D eigenvalue weighted by atomic mass is 35.5. The van der Waals surface area contributed by atoms with Crippen LogP contribution in [0.15, 0.2) is 42.6 Å². The van der Waals surface area contributed by atoms with Crippen molar-refractivity contribution >= 4 is 29.3 Å². The molecule has 0 aliphatic heterocycles. The summed E-state index contributed by atoms with van der Waals surface area (Å²) in [4.78, 5) is 27.8. The molecular weight excluding hydrogens is 385 g/mol. The minimum atomic E-state index is -4.59. The standard InChI is InChI=1S/C18H14ClF3N2O3/c19-13-8-12(18(20,21)22)9-23-15(13)24-14(25)10-27-16(26)17(6-7-17)11-4-2-1-3-5-11/h1-5,8-9H,6-7,10H2,(H,23,24,25). The summed E-state index contributed by atoms with van der Waals surface area (Å²) in [6, 6.07) is 9.76. The van der Waals surface area contributed by atoms with Gasteiger partial charge in [-0.2, -0.15) is 13.2 Å². The lowest BCUT2D eigenvalue weighted by molar-refractivity contribution is -0.150. The highest BCUT2D eigenvalue weighted by Crippen LogP contribution is 2.49. The molecule has 3 rings (SSSR count). The van der Waals surface area contributed by atoms with Crippen LogP contribution >= 0.6 is 11.6 Å². The fraction of sp³-hybridized carbons (Fsp3) is 0.278. The van der Waals surface area contributed by atoms with Crippen molar-refractivity contribution in [2.75, 3.05) is 11.9 Å². The minimum absolute atomic E-state index is 0.241. The number of amides is 1. The normalized spacial score (nSPS) is 15.1. The number of benzene rings is 1. The fourth-order valence-electron chi connectivity index (χ4n) is 2.62. The zero-order valence-electron chi connectivity index (χ0n) is 13.8. The summed E-state index contributed by atoms with van der Waals surface area (Å²) in [5.74, 6) is -1.51. The van der Waals surface area contributed by atoms with Crippen LogP contribution in [-0.2, 0) is 25.9 Å². The SMILES string of the molecule is O=C(COC(=O)C1(c2ccccc2)CC1)Nc1ncc(C(F)(F)F)cc1Cl. The van der Waals surface area contributed by atoms with Crippen LogP contribution in [0.5, 0.6) is 0 Å². The Labute approximate surface area is 157 Å². The lowest BCUT2D eigenvalue weighted by atomic mass is 9.96. The Morgan fingerprint density at radius 1 is 1.22 bits per heavy atom. The van der Waals surface area contributed by atoms with Crippen LogP contribution in [0.1, 0.15) is 24.0 Å². The molecule has 1 fully saturated rings. The van der Waals surface area contributed by atoms with Crippen LogP contribution in [0.3, 0.4) is 0 Å². The number of anilines is 1. The predicted molar refractivity (Wildman–Crippen MR) is 91.2 cm³/mol. The molecule has 0 bridgehead atoms. The summed E-state index contributed by atoms with van der Waals surface area (Å²) in [5, 5.41) is 1.86. The van der Waals surface area contributed by atoms with Gasteiger partial charge in [0, 0.05) is 6.20 Å². The van der Waals surface area contributed by atoms with Crippen LogP contribution in [0.4, 0.5) is 19.0 Å². The van der Waals surface area contributed by atoms with Crippen molar-refractivity contribution < 1.29 is 27.5 Å². The molecule has 142 valence electrons. The molecule has 0 spiro atoms. The van der Waals surface area contributed by atoms with Crippen molar-refractivity contribution in [2.24, 2.45) is 0 Å². The third kappa shape index (κ3) is 4.21. The molecule has 0 saturated heterocycles. The van der Waals surface area contributed by atoms with E-state index in [1.165, 1.54) is 0 Å². The molecule has 1 aromatic heterocycles. The molecule has 9 heteroatoms. The summed E-state index contributed by atoms with van der Waals surface area (Å²) >= 11 is 5.72. The van der Waals surface area contributed by atoms with Gasteiger partial charge in [-0.25, -0.2) is 4.98 Å². The van der Waals surface area contributed by atoms with Crippen molar-refractivity contribution in [1.82, 2.24) is 4.98 Å². The van der Waals surface area contributed by atoms with E-state index in [-0.39, 0.29) is 10.8 Å². The van der Waals surface area contributed by atoms with Gasteiger partial charge in [0.15, 0.2) is 12.4 Å². The number of halogens is 4. The molecule has 1 aliphatic carbocycles. The maximum Gasteiger partial charge on any atom is 0.417 e. The van der Waals surface area contributed by atoms with Crippen LogP contribution in [0.25, 0.3) is 0 Å². The molecule has 1 aromatic carbocycles. The lowest BCUT2D eigenvalue weighted by Gasteiger charge is -2.15. The highest BCUT2D eigenvalue weighted by Gasteiger charge is 2.52. The number of carbonyl (C=O) groups is 2. The molecule has 5 nitrogen and oxygen atoms in total. The van der Waals surface area contributed by atoms with Crippen molar-refractivity contribution in [3.05, 3.63) is 58.7 Å². The van der Waals surface area contributed by atoms with Gasteiger partial charge in [0.25, 0.3) is 5.91 Å². The van der Waals surface area contributed by atoms with Gasteiger partial charge in [0.05, 0.1) is 16.0 Å². The van der Waals surface area contributed by atoms with E-state index in [1.807, 2.05) is 30.3 Å². The van der Waals surface area contributed by atoms with Crippen molar-refractivity contribution in [1.29, 1.82) is 0 Å². The second-order valence-electron chi connectivity index (χ2n) is 6.12. The summed E-state index contributed by atoms with van der Waals surface area (Å²) in [6.07, 6.45) is -2.78. The van der Waals surface area contributed by atoms with E-state index in [2.05, 4.69) is 10.3 Å². The number of hydrogen-bond donors (Lipinski definition) is 1. The Hall–Kier alpha value is -2.61. The monoisotopic (exact) mass is 398 g/mol. The first-order valence-electron chi connectivity index (χ1n) is 7.98. The van der Waals surface area contributed by atoms with E-state index in [1.54, 1.807) is 0 Å². The Morgan fingerprint density at radius 2 is 1.89 bits per heavy atom. The number of esters is 1. The van der Waals surface area contributed by atoms with Gasteiger partial charge in [-0.05, 0) is 24.5 Å². The summed E-state index contributed by atoms with van der Waals surface area (Å²) in [7, 11) is 0. The molecule has 0 unspecified atom stereocenters. The minimum Gasteiger partial charge on any atom is -0.455 e. The molecule has 27 heavy (non-hydrogen) atoms. The van der Waals surface area contributed by atoms with E-state index < -0.39 is 35.6 Å². The number of nitrogens with zero attached hydrogens (tertiary/aromatic N) is 1. The highest BCUT2D eigenvalue weighted by molar-refractivity contribution is 6.33. The number of nitrogens with one attached hydrogen (secondary N) is 1. The number of aromatic nitrogens is 1. The topological polar surface area (TPSA) is 68.3 Å². The number of pyridine rings is 1. The second-order valence-corrected chi connectivity index (χ2v) is 6.53. The van der Waals surface area contributed by atoms with Crippen molar-refractivity contribution in [3.63, 3.8) is 0 Å². The third-order valence-electron chi connectivity index (χ3n) is 4.23. The van der Waals surface area contributed by atoms with E-state index in [9.17, 15) is 22.8 Å². The first kappa shape index (κ1) is 19.2. The number of hydrogen-bond acceptors (Lipinski definition) is 4. The molecule has 2 aromatic rings. The van der Waals surface area contributed by atoms with E-state index in [0.29, 0.717) is 25.1 Å². The van der Waals surface area contributed by atoms with Crippen LogP contribution in [0, 0.1) is 0 Å². The van der Waals surface area contributed by atoms with Crippen molar-refractivity contribution in [3.8, 4) is 0 Å². The molecular formula is C18H14ClF3N2O3. The zero-order valence-corrected chi connectivity index (χ0v) is 14.6. The van der Waals surface area contributed by atoms with Gasteiger partial charge < -0.3 is 10.1 Å². The largest absolute Gasteiger partial charge is 0.455 e. The van der Waals surface area contributed by atoms with Gasteiger partial charge in [0.1, 0.15) is 0 Å². The molecule has 1 heterocycles. The van der Waals surface area contributed by atoms with Gasteiger partial charge in [-0.15, -0.1) is 0 Å². The van der Waals surface area contributed by atoms with Crippen LogP contribution in [-0.4, -0.2) is 23.5 Å². The van der Waals surface area contributed by atoms with Gasteiger partial charge >= 0.3 is 12.1 Å². The zero-order chi connectivity index (χ0) is 19.7. The molecule has 0 atom stereocenters. The maximum absolute atomic E-state index is 12.6. The molecule has 1 N–H and O–H groups in total. The van der Waals surface area contributed by atoms with Crippen LogP contribution < -0.4 is 5.32 Å². The number of ether oxygens (including phenoxy) is 1. The first-order valence-corrected chi connectivity index (χ1v) is 8.35. The second kappa shape index (κ2) is 7.19. The van der Waals surface area contributed by atoms with E-state index >= 15 is 0 Å². The Morgan fingerprint density at radius 3 is 2.44 bits per heavy atom. The molecule has 1 amide bonds. The molecule has 1 saturated carbocycles. The van der Waals surface area contributed by atoms with E-state index in [4.69, 9.17) is 16.3 Å². The summed E-state index contributed by atoms with van der Waals surface area (Å²) < 4.78 is 42.8. The fourth-order valence-corrected chi connectivity index (χ4v) is 2.83. The van der Waals surface area contributed by atoms with Gasteiger partial charge in [0.2, 0.25) is 0 Å². The Bertz CT molecular complexity index is 868. The lowest BCUT2D eigenvalue weighted by Crippen LogP contribution is -2.28. The number of carbonyl (C=O) groups excluding carboxylic acids is 2. The predicted octanol–water partition coefficient (Wildman–Crippen LogP) is 3.97. The van der Waals surface area contributed by atoms with Crippen molar-refractivity contribution in [2.45, 2.75) is 24.4 Å². The average molecular weight is 399 g/mol. The summed E-state index contributed by atoms with van der Waals surface area (Å²) in [6.45, 7) is -0.591. The van der Waals surface area contributed by atoms with Gasteiger partial charge in [-0.3, -0.25) is 9.59 Å².